The molecule has 1 aliphatic carbocycles. The highest BCUT2D eigenvalue weighted by Gasteiger charge is 2.43. The number of halogens is 3. The van der Waals surface area contributed by atoms with Gasteiger partial charge in [-0.3, -0.25) is 4.90 Å². The summed E-state index contributed by atoms with van der Waals surface area (Å²) in [4.78, 5) is 1.46. The molecule has 0 aromatic carbocycles. The van der Waals surface area contributed by atoms with Crippen LogP contribution in [-0.2, 0) is 0 Å². The molecule has 0 aromatic heterocycles. The molecule has 0 unspecified atom stereocenters. The summed E-state index contributed by atoms with van der Waals surface area (Å²) in [7, 11) is 0. The molecule has 3 nitrogen and oxygen atoms in total. The zero-order valence-corrected chi connectivity index (χ0v) is 9.76. The molecule has 0 atom stereocenters. The van der Waals surface area contributed by atoms with Gasteiger partial charge in [-0.2, -0.15) is 13.2 Å². The van der Waals surface area contributed by atoms with Crippen molar-refractivity contribution in [3.05, 3.63) is 0 Å². The van der Waals surface area contributed by atoms with Crippen LogP contribution in [0.15, 0.2) is 0 Å². The third-order valence-corrected chi connectivity index (χ3v) is 3.66. The predicted molar refractivity (Wildman–Crippen MR) is 57.7 cm³/mol. The Balaban J connectivity index is 1.71. The van der Waals surface area contributed by atoms with Crippen LogP contribution in [0.25, 0.3) is 0 Å². The second-order valence-corrected chi connectivity index (χ2v) is 5.25. The second-order valence-electron chi connectivity index (χ2n) is 5.25. The Morgan fingerprint density at radius 2 is 1.82 bits per heavy atom. The molecule has 2 fully saturated rings. The first-order chi connectivity index (χ1) is 7.92. The van der Waals surface area contributed by atoms with Gasteiger partial charge in [-0.05, 0) is 38.8 Å². The van der Waals surface area contributed by atoms with Crippen LogP contribution in [0.5, 0.6) is 0 Å². The normalized spacial score (nSPS) is 26.1. The fourth-order valence-electron chi connectivity index (χ4n) is 2.42. The van der Waals surface area contributed by atoms with E-state index in [1.807, 2.05) is 0 Å². The van der Waals surface area contributed by atoms with Crippen LogP contribution in [0.4, 0.5) is 13.2 Å². The molecule has 1 saturated heterocycles. The van der Waals surface area contributed by atoms with Crippen LogP contribution < -0.4 is 5.32 Å². The number of nitrogens with one attached hydrogen (secondary N) is 1. The average molecular weight is 252 g/mol. The van der Waals surface area contributed by atoms with E-state index in [0.717, 1.165) is 25.7 Å². The summed E-state index contributed by atoms with van der Waals surface area (Å²) in [5.74, 6) is 0. The molecule has 1 heterocycles. The summed E-state index contributed by atoms with van der Waals surface area (Å²) in [6, 6.07) is 0.258. The molecule has 0 aromatic rings. The summed E-state index contributed by atoms with van der Waals surface area (Å²) in [5.41, 5.74) is -0.114. The molecule has 6 heteroatoms. The van der Waals surface area contributed by atoms with Gasteiger partial charge in [0.15, 0.2) is 0 Å². The Labute approximate surface area is 99.0 Å². The Bertz CT molecular complexity index is 258. The Morgan fingerprint density at radius 1 is 1.24 bits per heavy atom. The van der Waals surface area contributed by atoms with Gasteiger partial charge in [0.1, 0.15) is 0 Å². The van der Waals surface area contributed by atoms with Gasteiger partial charge in [0, 0.05) is 11.6 Å². The average Bonchev–Trinajstić information content (AvgIpc) is 3.00. The van der Waals surface area contributed by atoms with Gasteiger partial charge in [0.05, 0.1) is 13.2 Å². The number of hydrogen-bond donors (Lipinski definition) is 2. The van der Waals surface area contributed by atoms with Crippen molar-refractivity contribution in [3.8, 4) is 0 Å². The maximum Gasteiger partial charge on any atom is 0.401 e. The van der Waals surface area contributed by atoms with E-state index < -0.39 is 12.7 Å². The first kappa shape index (κ1) is 13.1. The summed E-state index contributed by atoms with van der Waals surface area (Å²) in [6.45, 7) is 0.304. The van der Waals surface area contributed by atoms with E-state index in [2.05, 4.69) is 5.32 Å². The van der Waals surface area contributed by atoms with Crippen LogP contribution in [0, 0.1) is 0 Å². The van der Waals surface area contributed by atoms with Gasteiger partial charge in [-0.1, -0.05) is 0 Å². The highest BCUT2D eigenvalue weighted by Crippen LogP contribution is 2.36. The van der Waals surface area contributed by atoms with Crippen molar-refractivity contribution in [1.82, 2.24) is 10.2 Å². The lowest BCUT2D eigenvalue weighted by Gasteiger charge is -2.34. The van der Waals surface area contributed by atoms with Crippen LogP contribution in [0.2, 0.25) is 0 Å². The standard InChI is InChI=1S/C11H19F3N2O/c12-11(13,14)7-16-5-1-9(2-6-16)15-10(8-17)3-4-10/h9,15,17H,1-8H2. The van der Waals surface area contributed by atoms with E-state index >= 15 is 0 Å². The largest absolute Gasteiger partial charge is 0.401 e. The van der Waals surface area contributed by atoms with Gasteiger partial charge >= 0.3 is 6.18 Å². The fourth-order valence-corrected chi connectivity index (χ4v) is 2.42. The van der Waals surface area contributed by atoms with Crippen molar-refractivity contribution in [2.24, 2.45) is 0 Å². The van der Waals surface area contributed by atoms with Crippen molar-refractivity contribution in [1.29, 1.82) is 0 Å². The molecular weight excluding hydrogens is 233 g/mol. The molecule has 1 aliphatic heterocycles. The highest BCUT2D eigenvalue weighted by atomic mass is 19.4. The fraction of sp³-hybridized carbons (Fsp3) is 1.00. The summed E-state index contributed by atoms with van der Waals surface area (Å²) in [6.07, 6.45) is -0.669. The number of likely N-dealkylation sites (tertiary alicyclic amines) is 1. The molecule has 0 amide bonds. The second kappa shape index (κ2) is 4.74. The molecular formula is C11H19F3N2O. The lowest BCUT2D eigenvalue weighted by atomic mass is 10.0. The van der Waals surface area contributed by atoms with Gasteiger partial charge in [0.25, 0.3) is 0 Å². The smallest absolute Gasteiger partial charge is 0.394 e. The number of hydrogen-bond acceptors (Lipinski definition) is 3. The van der Waals surface area contributed by atoms with Gasteiger partial charge in [-0.25, -0.2) is 0 Å². The number of piperidine rings is 1. The Morgan fingerprint density at radius 3 is 2.24 bits per heavy atom. The number of aliphatic hydroxyl groups excluding tert-OH is 1. The summed E-state index contributed by atoms with van der Waals surface area (Å²) < 4.78 is 36.5. The molecule has 2 aliphatic rings. The van der Waals surface area contributed by atoms with Crippen LogP contribution >= 0.6 is 0 Å². The number of rotatable bonds is 4. The third kappa shape index (κ3) is 3.82. The molecule has 0 bridgehead atoms. The van der Waals surface area contributed by atoms with E-state index in [0.29, 0.717) is 13.1 Å². The zero-order chi connectivity index (χ0) is 12.5. The van der Waals surface area contributed by atoms with Gasteiger partial charge in [0.2, 0.25) is 0 Å². The highest BCUT2D eigenvalue weighted by molar-refractivity contribution is 5.03. The van der Waals surface area contributed by atoms with Crippen molar-refractivity contribution in [3.63, 3.8) is 0 Å². The van der Waals surface area contributed by atoms with E-state index in [1.54, 1.807) is 0 Å². The topological polar surface area (TPSA) is 35.5 Å². The first-order valence-corrected chi connectivity index (χ1v) is 6.10. The summed E-state index contributed by atoms with van der Waals surface area (Å²) in [5, 5.41) is 12.6. The first-order valence-electron chi connectivity index (χ1n) is 6.10. The van der Waals surface area contributed by atoms with Crippen molar-refractivity contribution < 1.29 is 18.3 Å². The van der Waals surface area contributed by atoms with Crippen LogP contribution in [0.3, 0.4) is 0 Å². The minimum absolute atomic E-state index is 0.114. The van der Waals surface area contributed by atoms with Crippen molar-refractivity contribution >= 4 is 0 Å². The molecule has 17 heavy (non-hydrogen) atoms. The number of aliphatic hydroxyl groups is 1. The number of alkyl halides is 3. The molecule has 2 N–H and O–H groups in total. The van der Waals surface area contributed by atoms with E-state index in [1.165, 1.54) is 4.90 Å². The quantitative estimate of drug-likeness (QED) is 0.787. The predicted octanol–water partition coefficient (Wildman–Crippen LogP) is 1.13. The van der Waals surface area contributed by atoms with Crippen molar-refractivity contribution in [2.45, 2.75) is 43.4 Å². The zero-order valence-electron chi connectivity index (χ0n) is 9.76. The SMILES string of the molecule is OCC1(NC2CCN(CC(F)(F)F)CC2)CC1. The maximum atomic E-state index is 12.2. The van der Waals surface area contributed by atoms with Crippen LogP contribution in [0.1, 0.15) is 25.7 Å². The maximum absolute atomic E-state index is 12.2. The molecule has 1 saturated carbocycles. The molecule has 100 valence electrons. The van der Waals surface area contributed by atoms with Gasteiger partial charge in [-0.15, -0.1) is 0 Å². The van der Waals surface area contributed by atoms with E-state index in [-0.39, 0.29) is 18.2 Å². The monoisotopic (exact) mass is 252 g/mol. The minimum Gasteiger partial charge on any atom is -0.394 e. The molecule has 0 radical (unpaired) electrons. The van der Waals surface area contributed by atoms with Gasteiger partial charge < -0.3 is 10.4 Å². The number of nitrogens with zero attached hydrogens (tertiary/aromatic N) is 1. The Kier molecular flexibility index (Phi) is 3.66. The molecule has 0 spiro atoms. The summed E-state index contributed by atoms with van der Waals surface area (Å²) >= 11 is 0. The van der Waals surface area contributed by atoms with Crippen LogP contribution in [-0.4, -0.2) is 54.0 Å². The third-order valence-electron chi connectivity index (χ3n) is 3.66. The lowest BCUT2D eigenvalue weighted by Crippen LogP contribution is -2.50. The Hall–Kier alpha value is -0.330. The van der Waals surface area contributed by atoms with Crippen molar-refractivity contribution in [2.75, 3.05) is 26.2 Å². The van der Waals surface area contributed by atoms with E-state index in [9.17, 15) is 18.3 Å². The molecule has 2 rings (SSSR count). The van der Waals surface area contributed by atoms with E-state index in [4.69, 9.17) is 0 Å². The minimum atomic E-state index is -4.09. The lowest BCUT2D eigenvalue weighted by molar-refractivity contribution is -0.148.